The van der Waals surface area contributed by atoms with Crippen molar-refractivity contribution in [2.75, 3.05) is 0 Å². The second-order valence-electron chi connectivity index (χ2n) is 9.55. The number of esters is 1. The maximum atomic E-state index is 13.3. The van der Waals surface area contributed by atoms with Gasteiger partial charge in [0.15, 0.2) is 5.79 Å². The molecule has 1 aromatic carbocycles. The number of carbonyl (C=O) groups is 1. The third-order valence-electron chi connectivity index (χ3n) is 3.81. The number of hydrogen-bond acceptors (Lipinski definition) is 4. The number of ether oxygens (including phenoxy) is 3. The minimum Gasteiger partial charge on any atom is -0.457 e. The lowest BCUT2D eigenvalue weighted by atomic mass is 9.96. The summed E-state index contributed by atoms with van der Waals surface area (Å²) in [7, 11) is -1.77. The summed E-state index contributed by atoms with van der Waals surface area (Å²) in [5.74, 6) is 1.66. The quantitative estimate of drug-likeness (QED) is 0.415. The Hall–Kier alpha value is -1.87. The number of carbonyl (C=O) groups excluding carboxylic acids is 1. The molecule has 1 aromatic rings. The molecule has 0 radical (unpaired) electrons. The molecule has 2 atom stereocenters. The van der Waals surface area contributed by atoms with Gasteiger partial charge < -0.3 is 14.2 Å². The maximum Gasteiger partial charge on any atom is 0.355 e. The van der Waals surface area contributed by atoms with Gasteiger partial charge in [-0.1, -0.05) is 68.0 Å². The van der Waals surface area contributed by atoms with Crippen LogP contribution in [0.15, 0.2) is 36.4 Å². The van der Waals surface area contributed by atoms with Crippen LogP contribution in [-0.2, 0) is 19.0 Å². The highest BCUT2D eigenvalue weighted by atomic mass is 28.3. The zero-order chi connectivity index (χ0) is 21.2. The van der Waals surface area contributed by atoms with Gasteiger partial charge in [-0.3, -0.25) is 0 Å². The lowest BCUT2D eigenvalue weighted by Gasteiger charge is -2.29. The van der Waals surface area contributed by atoms with Crippen molar-refractivity contribution in [2.24, 2.45) is 0 Å². The van der Waals surface area contributed by atoms with E-state index in [1.54, 1.807) is 13.8 Å². The summed E-state index contributed by atoms with van der Waals surface area (Å²) in [6.07, 6.45) is 3.08. The van der Waals surface area contributed by atoms with Gasteiger partial charge in [0.1, 0.15) is 19.8 Å². The second kappa shape index (κ2) is 7.86. The molecule has 1 aliphatic rings. The Morgan fingerprint density at radius 3 is 2.32 bits per heavy atom. The summed E-state index contributed by atoms with van der Waals surface area (Å²) in [4.78, 5) is 13.3. The molecule has 1 saturated heterocycles. The molecule has 0 amide bonds. The molecule has 4 nitrogen and oxygen atoms in total. The van der Waals surface area contributed by atoms with Crippen LogP contribution in [0.1, 0.15) is 40.2 Å². The van der Waals surface area contributed by atoms with Crippen molar-refractivity contribution in [3.05, 3.63) is 42.0 Å². The van der Waals surface area contributed by atoms with E-state index in [2.05, 4.69) is 31.1 Å². The monoisotopic (exact) mass is 400 g/mol. The van der Waals surface area contributed by atoms with E-state index in [0.29, 0.717) is 0 Å². The standard InChI is InChI=1S/C23H32O4Si/c1-21(2,3)26-20(24)23(16-17-28(6,7)8)19(25-22(4,5)27-23)15-14-18-12-10-9-11-13-18/h9-15,19H,1-8H3/b15-14+/t19-,23+/m1/s1. The summed E-state index contributed by atoms with van der Waals surface area (Å²) in [6.45, 7) is 15.5. The molecule has 0 N–H and O–H groups in total. The SMILES string of the molecule is CC(C)(C)OC(=O)[C@@]1(C#C[Si](C)(C)C)OC(C)(C)O[C@@H]1/C=C/c1ccccc1. The summed E-state index contributed by atoms with van der Waals surface area (Å²) in [6, 6.07) is 9.85. The van der Waals surface area contributed by atoms with Gasteiger partial charge in [0.2, 0.25) is 0 Å². The molecule has 152 valence electrons. The molecule has 0 aliphatic carbocycles. The summed E-state index contributed by atoms with van der Waals surface area (Å²) < 4.78 is 17.9. The Morgan fingerprint density at radius 2 is 1.79 bits per heavy atom. The predicted molar refractivity (Wildman–Crippen MR) is 115 cm³/mol. The van der Waals surface area contributed by atoms with E-state index in [1.807, 2.05) is 63.3 Å². The third-order valence-corrected chi connectivity index (χ3v) is 4.68. The molecule has 1 aliphatic heterocycles. The van der Waals surface area contributed by atoms with E-state index < -0.39 is 37.1 Å². The molecular weight excluding hydrogens is 368 g/mol. The fourth-order valence-electron chi connectivity index (χ4n) is 2.74. The molecule has 0 aromatic heterocycles. The zero-order valence-electron chi connectivity index (χ0n) is 18.3. The van der Waals surface area contributed by atoms with Crippen LogP contribution in [0.25, 0.3) is 6.08 Å². The molecular formula is C23H32O4Si. The lowest BCUT2D eigenvalue weighted by Crippen LogP contribution is -2.50. The predicted octanol–water partition coefficient (Wildman–Crippen LogP) is 4.81. The van der Waals surface area contributed by atoms with Gasteiger partial charge in [-0.15, -0.1) is 5.54 Å². The van der Waals surface area contributed by atoms with Gasteiger partial charge in [-0.25, -0.2) is 4.79 Å². The Kier molecular flexibility index (Phi) is 6.30. The van der Waals surface area contributed by atoms with Crippen LogP contribution in [0.2, 0.25) is 19.6 Å². The average molecular weight is 401 g/mol. The van der Waals surface area contributed by atoms with Gasteiger partial charge in [-0.2, -0.15) is 0 Å². The van der Waals surface area contributed by atoms with Gasteiger partial charge in [0.25, 0.3) is 5.60 Å². The largest absolute Gasteiger partial charge is 0.457 e. The topological polar surface area (TPSA) is 44.8 Å². The van der Waals surface area contributed by atoms with E-state index in [-0.39, 0.29) is 0 Å². The number of rotatable bonds is 3. The number of benzene rings is 1. The van der Waals surface area contributed by atoms with Crippen LogP contribution in [0.4, 0.5) is 0 Å². The molecule has 0 unspecified atom stereocenters. The van der Waals surface area contributed by atoms with E-state index in [0.717, 1.165) is 5.56 Å². The van der Waals surface area contributed by atoms with Crippen LogP contribution < -0.4 is 0 Å². The highest BCUT2D eigenvalue weighted by molar-refractivity contribution is 6.83. The van der Waals surface area contributed by atoms with E-state index >= 15 is 0 Å². The van der Waals surface area contributed by atoms with Crippen molar-refractivity contribution < 1.29 is 19.0 Å². The van der Waals surface area contributed by atoms with Crippen LogP contribution >= 0.6 is 0 Å². The summed E-state index contributed by atoms with van der Waals surface area (Å²) >= 11 is 0. The highest BCUT2D eigenvalue weighted by Crippen LogP contribution is 2.39. The zero-order valence-corrected chi connectivity index (χ0v) is 19.3. The molecule has 0 bridgehead atoms. The first-order valence-electron chi connectivity index (χ1n) is 9.62. The van der Waals surface area contributed by atoms with E-state index in [4.69, 9.17) is 14.2 Å². The Bertz CT molecular complexity index is 788. The first kappa shape index (κ1) is 22.4. The smallest absolute Gasteiger partial charge is 0.355 e. The molecule has 1 fully saturated rings. The van der Waals surface area contributed by atoms with Crippen molar-refractivity contribution in [3.63, 3.8) is 0 Å². The normalized spacial score (nSPS) is 24.6. The highest BCUT2D eigenvalue weighted by Gasteiger charge is 2.58. The third kappa shape index (κ3) is 6.06. The molecule has 2 rings (SSSR count). The van der Waals surface area contributed by atoms with Crippen LogP contribution in [0, 0.1) is 11.5 Å². The van der Waals surface area contributed by atoms with E-state index in [1.165, 1.54) is 0 Å². The summed E-state index contributed by atoms with van der Waals surface area (Å²) in [5, 5.41) is 0. The molecule has 1 heterocycles. The van der Waals surface area contributed by atoms with Gasteiger partial charge in [0, 0.05) is 0 Å². The van der Waals surface area contributed by atoms with Gasteiger partial charge in [0.05, 0.1) is 0 Å². The molecule has 28 heavy (non-hydrogen) atoms. The Balaban J connectivity index is 2.52. The van der Waals surface area contributed by atoms with Crippen molar-refractivity contribution >= 4 is 20.1 Å². The van der Waals surface area contributed by atoms with Crippen LogP contribution in [0.3, 0.4) is 0 Å². The molecule has 5 heteroatoms. The minimum absolute atomic E-state index is 0.515. The second-order valence-corrected chi connectivity index (χ2v) is 14.3. The van der Waals surface area contributed by atoms with Crippen LogP contribution in [0.5, 0.6) is 0 Å². The maximum absolute atomic E-state index is 13.3. The van der Waals surface area contributed by atoms with Gasteiger partial charge in [-0.05, 0) is 40.2 Å². The minimum atomic E-state index is -1.77. The number of hydrogen-bond donors (Lipinski definition) is 0. The van der Waals surface area contributed by atoms with Crippen molar-refractivity contribution in [3.8, 4) is 11.5 Å². The van der Waals surface area contributed by atoms with Crippen molar-refractivity contribution in [1.29, 1.82) is 0 Å². The lowest BCUT2D eigenvalue weighted by molar-refractivity contribution is -0.188. The Morgan fingerprint density at radius 1 is 1.18 bits per heavy atom. The first-order chi connectivity index (χ1) is 12.7. The van der Waals surface area contributed by atoms with Crippen LogP contribution in [-0.4, -0.2) is 37.1 Å². The van der Waals surface area contributed by atoms with Crippen molar-refractivity contribution in [1.82, 2.24) is 0 Å². The molecule has 0 saturated carbocycles. The fourth-order valence-corrected chi connectivity index (χ4v) is 3.30. The molecule has 0 spiro atoms. The van der Waals surface area contributed by atoms with Gasteiger partial charge >= 0.3 is 5.97 Å². The first-order valence-corrected chi connectivity index (χ1v) is 13.1. The average Bonchev–Trinajstić information content (AvgIpc) is 2.81. The Labute approximate surface area is 170 Å². The van der Waals surface area contributed by atoms with E-state index in [9.17, 15) is 4.79 Å². The summed E-state index contributed by atoms with van der Waals surface area (Å²) in [5.41, 5.74) is 2.14. The van der Waals surface area contributed by atoms with Crippen molar-refractivity contribution in [2.45, 2.75) is 77.4 Å². The fraction of sp³-hybridized carbons (Fsp3) is 0.522.